The molecule has 0 radical (unpaired) electrons. The van der Waals surface area contributed by atoms with Gasteiger partial charge in [0.05, 0.1) is 13.5 Å². The predicted molar refractivity (Wildman–Crippen MR) is 134 cm³/mol. The van der Waals surface area contributed by atoms with Crippen LogP contribution in [-0.4, -0.2) is 25.5 Å². The second-order valence-corrected chi connectivity index (χ2v) is 8.06. The zero-order valence-electron chi connectivity index (χ0n) is 19.3. The highest BCUT2D eigenvalue weighted by molar-refractivity contribution is 5.84. The largest absolute Gasteiger partial charge is 0.469 e. The molecule has 0 bridgehead atoms. The number of hydrogen-bond acceptors (Lipinski definition) is 3. The van der Waals surface area contributed by atoms with Gasteiger partial charge in [-0.2, -0.15) is 0 Å². The van der Waals surface area contributed by atoms with Gasteiger partial charge in [-0.05, 0) is 53.2 Å². The summed E-state index contributed by atoms with van der Waals surface area (Å²) < 4.78 is 4.79. The number of amides is 1. The molecule has 3 rings (SSSR count). The average Bonchev–Trinajstić information content (AvgIpc) is 2.84. The molecule has 0 aliphatic carbocycles. The monoisotopic (exact) mass is 441 g/mol. The molecule has 3 aromatic rings. The van der Waals surface area contributed by atoms with Gasteiger partial charge < -0.3 is 10.1 Å². The number of hydrogen-bond donors (Lipinski definition) is 1. The molecule has 0 heterocycles. The predicted octanol–water partition coefficient (Wildman–Crippen LogP) is 5.39. The number of rotatable bonds is 10. The lowest BCUT2D eigenvalue weighted by Gasteiger charge is -2.09. The van der Waals surface area contributed by atoms with Crippen molar-refractivity contribution >= 4 is 23.5 Å². The highest BCUT2D eigenvalue weighted by atomic mass is 16.5. The van der Waals surface area contributed by atoms with Gasteiger partial charge in [0.25, 0.3) is 0 Å². The number of benzene rings is 3. The van der Waals surface area contributed by atoms with Gasteiger partial charge in [0.1, 0.15) is 0 Å². The third-order valence-electron chi connectivity index (χ3n) is 5.63. The molecule has 1 amide bonds. The van der Waals surface area contributed by atoms with Crippen molar-refractivity contribution in [3.63, 3.8) is 0 Å². The quantitative estimate of drug-likeness (QED) is 0.339. The highest BCUT2D eigenvalue weighted by Gasteiger charge is 2.08. The molecule has 0 unspecified atom stereocenters. The minimum Gasteiger partial charge on any atom is -0.469 e. The molecule has 0 aromatic heterocycles. The van der Waals surface area contributed by atoms with Gasteiger partial charge in [-0.15, -0.1) is 0 Å². The van der Waals surface area contributed by atoms with Crippen molar-refractivity contribution in [1.29, 1.82) is 0 Å². The van der Waals surface area contributed by atoms with Gasteiger partial charge in [0.2, 0.25) is 5.91 Å². The van der Waals surface area contributed by atoms with Crippen LogP contribution in [0.15, 0.2) is 78.9 Å². The Kier molecular flexibility index (Phi) is 9.01. The average molecular weight is 442 g/mol. The van der Waals surface area contributed by atoms with Crippen LogP contribution in [0.3, 0.4) is 0 Å². The van der Waals surface area contributed by atoms with E-state index in [1.807, 2.05) is 66.7 Å². The number of esters is 1. The fourth-order valence-electron chi connectivity index (χ4n) is 3.70. The second kappa shape index (κ2) is 12.4. The summed E-state index contributed by atoms with van der Waals surface area (Å²) >= 11 is 0. The van der Waals surface area contributed by atoms with Crippen LogP contribution in [0.4, 0.5) is 0 Å². The van der Waals surface area contributed by atoms with E-state index in [0.29, 0.717) is 25.8 Å². The Morgan fingerprint density at radius 3 is 2.27 bits per heavy atom. The van der Waals surface area contributed by atoms with Gasteiger partial charge >= 0.3 is 5.97 Å². The Morgan fingerprint density at radius 2 is 1.58 bits per heavy atom. The lowest BCUT2D eigenvalue weighted by atomic mass is 9.98. The van der Waals surface area contributed by atoms with Crippen molar-refractivity contribution in [3.05, 3.63) is 107 Å². The molecule has 0 aliphatic heterocycles. The number of methoxy groups -OCH3 is 1. The number of ether oxygens (including phenoxy) is 1. The van der Waals surface area contributed by atoms with Crippen LogP contribution in [0, 0.1) is 6.92 Å². The summed E-state index contributed by atoms with van der Waals surface area (Å²) in [5.41, 5.74) is 6.66. The topological polar surface area (TPSA) is 55.4 Å². The maximum absolute atomic E-state index is 12.3. The molecule has 4 nitrogen and oxygen atoms in total. The minimum atomic E-state index is -0.222. The van der Waals surface area contributed by atoms with Crippen LogP contribution in [0.25, 0.3) is 11.6 Å². The smallest absolute Gasteiger partial charge is 0.305 e. The fraction of sp³-hybridized carbons (Fsp3) is 0.241. The number of carbonyl (C=O) groups excluding carboxylic acids is 2. The van der Waals surface area contributed by atoms with Crippen LogP contribution in [0.1, 0.15) is 40.7 Å². The van der Waals surface area contributed by atoms with E-state index in [1.165, 1.54) is 18.2 Å². The number of carbonyl (C=O) groups is 2. The van der Waals surface area contributed by atoms with Gasteiger partial charge in [-0.3, -0.25) is 9.59 Å². The van der Waals surface area contributed by atoms with Crippen LogP contribution in [0.5, 0.6) is 0 Å². The van der Waals surface area contributed by atoms with Gasteiger partial charge in [-0.25, -0.2) is 0 Å². The highest BCUT2D eigenvalue weighted by Crippen LogP contribution is 2.23. The molecule has 0 atom stereocenters. The molecule has 0 aliphatic rings. The van der Waals surface area contributed by atoms with Crippen LogP contribution < -0.4 is 5.32 Å². The maximum Gasteiger partial charge on any atom is 0.305 e. The first kappa shape index (κ1) is 24.0. The Bertz CT molecular complexity index is 1090. The fourth-order valence-corrected chi connectivity index (χ4v) is 3.70. The number of aryl methyl sites for hydroxylation is 1. The van der Waals surface area contributed by atoms with Gasteiger partial charge in [-0.1, -0.05) is 84.9 Å². The minimum absolute atomic E-state index is 0.0231. The number of allylic oxidation sites excluding steroid dienone is 1. The lowest BCUT2D eigenvalue weighted by molar-refractivity contribution is -0.140. The molecular weight excluding hydrogens is 410 g/mol. The van der Waals surface area contributed by atoms with E-state index < -0.39 is 0 Å². The first-order valence-corrected chi connectivity index (χ1v) is 11.3. The van der Waals surface area contributed by atoms with Gasteiger partial charge in [0, 0.05) is 13.0 Å². The maximum atomic E-state index is 12.3. The van der Waals surface area contributed by atoms with Crippen molar-refractivity contribution in [2.24, 2.45) is 0 Å². The molecule has 0 spiro atoms. The Balaban J connectivity index is 1.59. The van der Waals surface area contributed by atoms with E-state index in [4.69, 9.17) is 4.74 Å². The van der Waals surface area contributed by atoms with Crippen molar-refractivity contribution in [2.45, 2.75) is 32.6 Å². The summed E-state index contributed by atoms with van der Waals surface area (Å²) in [6.45, 7) is 2.72. The van der Waals surface area contributed by atoms with Crippen molar-refractivity contribution in [2.75, 3.05) is 13.7 Å². The number of nitrogens with one attached hydrogen (secondary N) is 1. The molecule has 4 heteroatoms. The van der Waals surface area contributed by atoms with Crippen molar-refractivity contribution in [1.82, 2.24) is 5.32 Å². The standard InChI is InChI=1S/C29H31NO3/c1-22-8-6-7-9-25(22)18-19-30-28(31)21-24-14-12-23(13-15-24)20-27(16-17-29(32)33-2)26-10-4-3-5-11-26/h3-15,20H,16-19,21H2,1-2H3,(H,30,31)/b27-20+. The zero-order valence-corrected chi connectivity index (χ0v) is 19.3. The second-order valence-electron chi connectivity index (χ2n) is 8.06. The SMILES string of the molecule is COC(=O)CC/C(=C\c1ccc(CC(=O)NCCc2ccccc2C)cc1)c1ccccc1. The summed E-state index contributed by atoms with van der Waals surface area (Å²) in [5, 5.41) is 3.01. The summed E-state index contributed by atoms with van der Waals surface area (Å²) in [4.78, 5) is 24.0. The molecule has 0 saturated heterocycles. The van der Waals surface area contributed by atoms with Crippen LogP contribution in [-0.2, 0) is 27.2 Å². The van der Waals surface area contributed by atoms with E-state index in [2.05, 4.69) is 30.4 Å². The summed E-state index contributed by atoms with van der Waals surface area (Å²) in [6, 6.07) is 26.3. The molecule has 3 aromatic carbocycles. The van der Waals surface area contributed by atoms with E-state index >= 15 is 0 Å². The molecule has 0 saturated carbocycles. The van der Waals surface area contributed by atoms with Crippen LogP contribution in [0.2, 0.25) is 0 Å². The Labute approximate surface area is 196 Å². The molecule has 33 heavy (non-hydrogen) atoms. The molecule has 1 N–H and O–H groups in total. The summed E-state index contributed by atoms with van der Waals surface area (Å²) in [7, 11) is 1.41. The molecule has 170 valence electrons. The first-order valence-electron chi connectivity index (χ1n) is 11.3. The van der Waals surface area contributed by atoms with Gasteiger partial charge in [0.15, 0.2) is 0 Å². The summed E-state index contributed by atoms with van der Waals surface area (Å²) in [6.07, 6.45) is 4.20. The molecular formula is C29H31NO3. The Hall–Kier alpha value is -3.66. The third kappa shape index (κ3) is 7.76. The zero-order chi connectivity index (χ0) is 23.5. The van der Waals surface area contributed by atoms with Crippen molar-refractivity contribution < 1.29 is 14.3 Å². The third-order valence-corrected chi connectivity index (χ3v) is 5.63. The van der Waals surface area contributed by atoms with E-state index in [0.717, 1.165) is 28.7 Å². The Morgan fingerprint density at radius 1 is 0.879 bits per heavy atom. The van der Waals surface area contributed by atoms with E-state index in [-0.39, 0.29) is 11.9 Å². The lowest BCUT2D eigenvalue weighted by Crippen LogP contribution is -2.27. The normalized spacial score (nSPS) is 11.2. The van der Waals surface area contributed by atoms with Crippen LogP contribution >= 0.6 is 0 Å². The summed E-state index contributed by atoms with van der Waals surface area (Å²) in [5.74, 6) is -0.199. The first-order chi connectivity index (χ1) is 16.0. The van der Waals surface area contributed by atoms with E-state index in [9.17, 15) is 9.59 Å². The molecule has 0 fully saturated rings. The van der Waals surface area contributed by atoms with Crippen molar-refractivity contribution in [3.8, 4) is 0 Å². The van der Waals surface area contributed by atoms with E-state index in [1.54, 1.807) is 0 Å².